The van der Waals surface area contributed by atoms with Crippen molar-refractivity contribution in [2.45, 2.75) is 207 Å². The van der Waals surface area contributed by atoms with Gasteiger partial charge in [0.25, 0.3) is 0 Å². The van der Waals surface area contributed by atoms with Crippen LogP contribution in [0.25, 0.3) is 0 Å². The number of halogens is 4. The van der Waals surface area contributed by atoms with Crippen LogP contribution in [-0.2, 0) is 43.1 Å². The van der Waals surface area contributed by atoms with Crippen molar-refractivity contribution in [1.82, 2.24) is 31.9 Å². The molecule has 27 heteroatoms. The molecule has 4 atom stereocenters. The van der Waals surface area contributed by atoms with Crippen molar-refractivity contribution in [3.8, 4) is 0 Å². The van der Waals surface area contributed by atoms with Crippen molar-refractivity contribution in [2.24, 2.45) is 34.5 Å². The number of likely N-dealkylation sites (tertiary alicyclic amines) is 1. The summed E-state index contributed by atoms with van der Waals surface area (Å²) in [5.74, 6) is -0.428. The van der Waals surface area contributed by atoms with Gasteiger partial charge in [0.05, 0.1) is 164 Å². The first-order valence-electron chi connectivity index (χ1n) is 38.2. The number of nitrogens with zero attached hydrogens (tertiary/aromatic N) is 6. The number of carbonyl (C=O) groups is 8. The largest absolute Gasteiger partial charge is 1.00 e. The van der Waals surface area contributed by atoms with Crippen molar-refractivity contribution >= 4 is 47.4 Å². The van der Waals surface area contributed by atoms with Crippen molar-refractivity contribution in [3.63, 3.8) is 0 Å². The maximum Gasteiger partial charge on any atom is 0.225 e. The molecule has 6 N–H and O–H groups in total. The molecule has 2 saturated heterocycles. The summed E-state index contributed by atoms with van der Waals surface area (Å²) in [7, 11) is 30.6. The Morgan fingerprint density at radius 3 is 0.788 bits per heavy atom. The molecule has 628 valence electrons. The van der Waals surface area contributed by atoms with E-state index in [1.165, 1.54) is 43.4 Å². The predicted molar refractivity (Wildman–Crippen MR) is 411 cm³/mol. The van der Waals surface area contributed by atoms with Crippen LogP contribution in [0.1, 0.15) is 207 Å². The second-order valence-corrected chi connectivity index (χ2v) is 33.8. The van der Waals surface area contributed by atoms with Gasteiger partial charge in [-0.2, -0.15) is 0 Å². The number of rotatable bonds is 36. The number of nitrogens with one attached hydrogen (secondary N) is 6. The number of carboxylic acid groups (broad SMARTS) is 2. The zero-order valence-electron chi connectivity index (χ0n) is 72.3. The van der Waals surface area contributed by atoms with Crippen molar-refractivity contribution in [2.75, 3.05) is 217 Å². The van der Waals surface area contributed by atoms with Gasteiger partial charge in [-0.05, 0) is 71.6 Å². The van der Waals surface area contributed by atoms with Gasteiger partial charge in [0.15, 0.2) is 0 Å². The quantitative estimate of drug-likeness (QED) is 0.0255. The first-order valence-corrected chi connectivity index (χ1v) is 38.2. The van der Waals surface area contributed by atoms with Gasteiger partial charge < -0.3 is 142 Å². The molecule has 0 spiro atoms. The topological polar surface area (TPSA) is 264 Å². The summed E-state index contributed by atoms with van der Waals surface area (Å²) >= 11 is 0. The number of amides is 6. The highest BCUT2D eigenvalue weighted by molar-refractivity contribution is 5.82. The Balaban J connectivity index is -0.000000124. The van der Waals surface area contributed by atoms with Gasteiger partial charge in [0.2, 0.25) is 35.4 Å². The van der Waals surface area contributed by atoms with Crippen LogP contribution in [0.15, 0.2) is 0 Å². The van der Waals surface area contributed by atoms with Gasteiger partial charge in [-0.15, -0.1) is 0 Å². The van der Waals surface area contributed by atoms with Crippen LogP contribution >= 0.6 is 0 Å². The van der Waals surface area contributed by atoms with E-state index in [-0.39, 0.29) is 129 Å². The summed E-state index contributed by atoms with van der Waals surface area (Å²) in [4.78, 5) is 87.1. The Morgan fingerprint density at radius 1 is 0.385 bits per heavy atom. The standard InChI is InChI=1S/C14H28N2O.C13H26N2O2.2C12H26N2O.2C11H24N2O.2C2H4O2.2BrH.2ClH/c1-4-13(2)14(17)15-9-8-12-16(3)10-6-5-7-11-16;1-4-12(2)13(16)14-6-5-7-15(3)8-10-17-11-9-15;2*1-7-12(2,3)11(15)13-9-8-10-14(4,5)6;2*1-6-10(2)11(14)12-8-7-9-13(3,4)5;2*1-2(3)4;;;;/h13H,4-12H2,1-3H3;12H,4-11H2,1-3H3;2*7-10H2,1-6H3;2*10H,6-9H2,1-5H3;2*1H3,(H,3,4);4*1H. The molecule has 0 aromatic rings. The fraction of sp³-hybridized carbons (Fsp3) is 0.896. The van der Waals surface area contributed by atoms with Crippen LogP contribution in [0.2, 0.25) is 0 Å². The highest BCUT2D eigenvalue weighted by Gasteiger charge is 2.28. The number of carboxylic acids is 2. The Morgan fingerprint density at radius 2 is 0.587 bits per heavy atom. The van der Waals surface area contributed by atoms with Crippen LogP contribution in [0, 0.1) is 34.5 Å². The van der Waals surface area contributed by atoms with Crippen LogP contribution < -0.4 is 101 Å². The average molecular weight is 1670 g/mol. The number of hydrogen-bond acceptors (Lipinski definition) is 11. The third kappa shape index (κ3) is 83.1. The van der Waals surface area contributed by atoms with E-state index in [0.29, 0.717) is 0 Å². The summed E-state index contributed by atoms with van der Waals surface area (Å²) in [5, 5.41) is 35.7. The predicted octanol–water partition coefficient (Wildman–Crippen LogP) is -5.53. The summed E-state index contributed by atoms with van der Waals surface area (Å²) < 4.78 is 11.5. The van der Waals surface area contributed by atoms with Gasteiger partial charge >= 0.3 is 0 Å². The molecule has 2 fully saturated rings. The maximum atomic E-state index is 11.7. The van der Waals surface area contributed by atoms with Crippen LogP contribution in [-0.4, -0.2) is 291 Å². The summed E-state index contributed by atoms with van der Waals surface area (Å²) in [6.45, 7) is 48.2. The Hall–Kier alpha value is -2.98. The van der Waals surface area contributed by atoms with Crippen LogP contribution in [0.5, 0.6) is 0 Å². The van der Waals surface area contributed by atoms with Gasteiger partial charge in [0, 0.05) is 124 Å². The first kappa shape index (κ1) is 122. The van der Waals surface area contributed by atoms with Crippen molar-refractivity contribution < 1.29 is 139 Å². The minimum absolute atomic E-state index is 0. The Kier molecular flexibility index (Phi) is 78.5. The molecule has 0 aliphatic carbocycles. The van der Waals surface area contributed by atoms with Crippen LogP contribution in [0.3, 0.4) is 0 Å². The van der Waals surface area contributed by atoms with E-state index in [1.807, 2.05) is 90.0 Å². The van der Waals surface area contributed by atoms with E-state index >= 15 is 0 Å². The van der Waals surface area contributed by atoms with E-state index in [0.717, 1.165) is 212 Å². The Bertz CT molecular complexity index is 2010. The summed E-state index contributed by atoms with van der Waals surface area (Å²) in [6.07, 6.45) is 15.9. The number of quaternary nitrogens is 6. The molecule has 0 aromatic carbocycles. The van der Waals surface area contributed by atoms with E-state index in [2.05, 4.69) is 137 Å². The number of piperidine rings is 1. The minimum atomic E-state index is -1.08. The van der Waals surface area contributed by atoms with E-state index in [4.69, 9.17) is 24.5 Å². The third-order valence-corrected chi connectivity index (χ3v) is 18.2. The lowest BCUT2D eigenvalue weighted by atomic mass is 9.89. The van der Waals surface area contributed by atoms with Gasteiger partial charge in [-0.1, -0.05) is 96.9 Å². The average Bonchev–Trinajstić information content (AvgIpc) is 0.977. The van der Waals surface area contributed by atoms with Crippen LogP contribution in [0.4, 0.5) is 0 Å². The normalized spacial score (nSPS) is 14.7. The molecule has 0 aromatic heterocycles. The highest BCUT2D eigenvalue weighted by Crippen LogP contribution is 2.21. The van der Waals surface area contributed by atoms with Gasteiger partial charge in [0.1, 0.15) is 13.1 Å². The molecule has 6 amide bonds. The monoisotopic (exact) mass is 1660 g/mol. The third-order valence-electron chi connectivity index (χ3n) is 18.2. The second kappa shape index (κ2) is 67.0. The van der Waals surface area contributed by atoms with E-state index in [9.17, 15) is 28.8 Å². The first-order chi connectivity index (χ1) is 45.7. The van der Waals surface area contributed by atoms with E-state index < -0.39 is 11.9 Å². The van der Waals surface area contributed by atoms with Gasteiger partial charge in [-0.25, -0.2) is 0 Å². The number of hydrogen-bond donors (Lipinski definition) is 6. The minimum Gasteiger partial charge on any atom is -1.00 e. The number of morpholine rings is 1. The molecule has 2 aliphatic rings. The molecule has 4 unspecified atom stereocenters. The fourth-order valence-electron chi connectivity index (χ4n) is 9.13. The molecule has 23 nitrogen and oxygen atoms in total. The summed E-state index contributed by atoms with van der Waals surface area (Å²) in [6, 6.07) is 0. The number of aliphatic carboxylic acids is 2. The molecular weight excluding hydrogens is 1500 g/mol. The molecule has 2 aliphatic heterocycles. The van der Waals surface area contributed by atoms with E-state index in [1.54, 1.807) is 0 Å². The van der Waals surface area contributed by atoms with Crippen molar-refractivity contribution in [3.05, 3.63) is 0 Å². The molecule has 0 bridgehead atoms. The highest BCUT2D eigenvalue weighted by atomic mass is 79.9. The molecular formula is C77H166Br2Cl2N12O11. The lowest BCUT2D eigenvalue weighted by molar-refractivity contribution is -0.916. The second-order valence-electron chi connectivity index (χ2n) is 33.8. The number of ether oxygens (including phenoxy) is 1. The molecule has 2 heterocycles. The molecule has 104 heavy (non-hydrogen) atoms. The lowest BCUT2D eigenvalue weighted by Gasteiger charge is -2.37. The Labute approximate surface area is 672 Å². The van der Waals surface area contributed by atoms with Gasteiger partial charge in [-0.3, -0.25) is 28.8 Å². The molecule has 0 radical (unpaired) electrons. The molecule has 0 saturated carbocycles. The summed E-state index contributed by atoms with van der Waals surface area (Å²) in [5.41, 5.74) is -0.451. The number of likely N-dealkylation sites (N-methyl/N-ethyl adjacent to an activating group) is 1. The maximum absolute atomic E-state index is 11.7. The number of carbonyl (C=O) groups excluding carboxylic acids is 8. The molecule has 2 rings (SSSR count). The SMILES string of the molecule is CC(=O)[O-].CC(=O)[O-].CCC(C)(C)C(=O)NCCC[N+](C)(C)C.CCC(C)(C)C(=O)NCCC[N+](C)(C)C.CCC(C)C(=O)NCCC[N+](C)(C)C.CCC(C)C(=O)NCCC[N+](C)(C)C.CCC(C)C(=O)NCCC[N+]1(C)CCCCC1.CCC(C)C(=O)NCCC[N+]1(C)CCOCC1.[Br-].[Br-].[Cl-].[Cl-]. The lowest BCUT2D eigenvalue weighted by Crippen LogP contribution is -3.00. The van der Waals surface area contributed by atoms with Crippen molar-refractivity contribution in [1.29, 1.82) is 0 Å². The zero-order chi connectivity index (χ0) is 79.2. The fourth-order valence-corrected chi connectivity index (χ4v) is 9.13. The zero-order valence-corrected chi connectivity index (χ0v) is 77.0. The smallest absolute Gasteiger partial charge is 0.225 e.